The molecule has 0 aliphatic heterocycles. The summed E-state index contributed by atoms with van der Waals surface area (Å²) in [6.07, 6.45) is 1.31. The van der Waals surface area contributed by atoms with Crippen molar-refractivity contribution in [2.75, 3.05) is 31.8 Å². The molecule has 2 rings (SSSR count). The molecule has 9 nitrogen and oxygen atoms in total. The molecule has 2 aromatic rings. The number of rotatable bonds is 8. The quantitative estimate of drug-likeness (QED) is 0.548. The number of anilines is 2. The maximum Gasteiger partial charge on any atom is 0.244 e. The van der Waals surface area contributed by atoms with Crippen molar-refractivity contribution >= 4 is 43.4 Å². The number of carbonyl (C=O) groups is 1. The molecule has 1 aromatic carbocycles. The smallest absolute Gasteiger partial charge is 0.244 e. The molecule has 0 saturated carbocycles. The van der Waals surface area contributed by atoms with Crippen molar-refractivity contribution in [1.82, 2.24) is 9.71 Å². The number of pyridine rings is 1. The number of methoxy groups -OCH3 is 2. The number of nitrogens with one attached hydrogen (secondary N) is 2. The number of nitrogen functional groups attached to an aromatic ring is 1. The van der Waals surface area contributed by atoms with Gasteiger partial charge in [-0.05, 0) is 22.0 Å². The molecule has 0 atom stereocenters. The minimum absolute atomic E-state index is 0.0832. The lowest BCUT2D eigenvalue weighted by atomic mass is 10.2. The van der Waals surface area contributed by atoms with Crippen LogP contribution in [0.4, 0.5) is 11.5 Å². The summed E-state index contributed by atoms with van der Waals surface area (Å²) in [5.41, 5.74) is 6.08. The summed E-state index contributed by atoms with van der Waals surface area (Å²) in [7, 11) is -0.895. The number of benzene rings is 1. The predicted octanol–water partition coefficient (Wildman–Crippen LogP) is 1.75. The highest BCUT2D eigenvalue weighted by molar-refractivity contribution is 9.10. The Balaban J connectivity index is 1.97. The van der Waals surface area contributed by atoms with Gasteiger partial charge in [0, 0.05) is 47.5 Å². The Hall–Kier alpha value is -2.37. The molecule has 1 heterocycles. The average molecular weight is 459 g/mol. The summed E-state index contributed by atoms with van der Waals surface area (Å²) >= 11 is 3.15. The second-order valence-electron chi connectivity index (χ2n) is 5.33. The lowest BCUT2D eigenvalue weighted by molar-refractivity contribution is -0.116. The number of sulfonamides is 1. The van der Waals surface area contributed by atoms with E-state index in [0.29, 0.717) is 21.7 Å². The Morgan fingerprint density at radius 3 is 2.41 bits per heavy atom. The Kier molecular flexibility index (Phi) is 6.99. The van der Waals surface area contributed by atoms with Crippen LogP contribution in [0.15, 0.2) is 39.8 Å². The number of amides is 1. The normalized spacial score (nSPS) is 11.1. The molecular weight excluding hydrogens is 440 g/mol. The number of carbonyl (C=O) groups excluding carboxylic acids is 1. The van der Waals surface area contributed by atoms with E-state index >= 15 is 0 Å². The Morgan fingerprint density at radius 1 is 1.19 bits per heavy atom. The highest BCUT2D eigenvalue weighted by atomic mass is 79.9. The molecule has 4 N–H and O–H groups in total. The number of hydrogen-bond donors (Lipinski definition) is 3. The zero-order chi connectivity index (χ0) is 20.0. The van der Waals surface area contributed by atoms with Crippen LogP contribution in [0.2, 0.25) is 0 Å². The topological polar surface area (TPSA) is 133 Å². The molecule has 1 aromatic heterocycles. The third-order valence-corrected chi connectivity index (χ3v) is 5.34. The first-order chi connectivity index (χ1) is 12.7. The number of halogens is 1. The Bertz CT molecular complexity index is 914. The molecule has 146 valence electrons. The lowest BCUT2D eigenvalue weighted by Crippen LogP contribution is -2.28. The zero-order valence-corrected chi connectivity index (χ0v) is 17.1. The molecule has 0 radical (unpaired) electrons. The minimum atomic E-state index is -3.89. The molecule has 11 heteroatoms. The molecule has 27 heavy (non-hydrogen) atoms. The van der Waals surface area contributed by atoms with Gasteiger partial charge in [-0.15, -0.1) is 0 Å². The van der Waals surface area contributed by atoms with Crippen LogP contribution in [-0.2, 0) is 14.8 Å². The number of aromatic nitrogens is 1. The fraction of sp³-hybridized carbons (Fsp3) is 0.250. The summed E-state index contributed by atoms with van der Waals surface area (Å²) < 4.78 is 37.7. The molecule has 0 fully saturated rings. The highest BCUT2D eigenvalue weighted by Crippen LogP contribution is 2.26. The summed E-state index contributed by atoms with van der Waals surface area (Å²) in [6.45, 7) is -0.110. The molecule has 0 unspecified atom stereocenters. The monoisotopic (exact) mass is 458 g/mol. The minimum Gasteiger partial charge on any atom is -0.497 e. The average Bonchev–Trinajstić information content (AvgIpc) is 2.63. The van der Waals surface area contributed by atoms with Crippen molar-refractivity contribution in [2.45, 2.75) is 11.3 Å². The van der Waals surface area contributed by atoms with Crippen LogP contribution in [-0.4, -0.2) is 40.1 Å². The molecule has 0 bridgehead atoms. The van der Waals surface area contributed by atoms with Crippen LogP contribution in [0.3, 0.4) is 0 Å². The van der Waals surface area contributed by atoms with E-state index in [4.69, 9.17) is 15.2 Å². The SMILES string of the molecule is COc1cc(NC(=O)CCNS(=O)(=O)c2cc(Br)cnc2N)cc(OC)c1. The van der Waals surface area contributed by atoms with Crippen molar-refractivity contribution in [3.63, 3.8) is 0 Å². The summed E-state index contributed by atoms with van der Waals surface area (Å²) in [6, 6.07) is 6.25. The van der Waals surface area contributed by atoms with Gasteiger partial charge in [-0.1, -0.05) is 0 Å². The number of hydrogen-bond acceptors (Lipinski definition) is 7. The third-order valence-electron chi connectivity index (χ3n) is 3.42. The van der Waals surface area contributed by atoms with Crippen molar-refractivity contribution < 1.29 is 22.7 Å². The summed E-state index contributed by atoms with van der Waals surface area (Å²) in [5, 5.41) is 2.66. The van der Waals surface area contributed by atoms with Gasteiger partial charge in [-0.3, -0.25) is 4.79 Å². The van der Waals surface area contributed by atoms with Gasteiger partial charge in [-0.25, -0.2) is 18.1 Å². The van der Waals surface area contributed by atoms with Gasteiger partial charge < -0.3 is 20.5 Å². The molecule has 0 saturated heterocycles. The summed E-state index contributed by atoms with van der Waals surface area (Å²) in [4.78, 5) is 15.7. The van der Waals surface area contributed by atoms with Crippen LogP contribution in [0.5, 0.6) is 11.5 Å². The fourth-order valence-corrected chi connectivity index (χ4v) is 3.75. The standard InChI is InChI=1S/C16H19BrN4O5S/c1-25-12-6-11(7-13(8-12)26-2)21-15(22)3-4-20-27(23,24)14-5-10(17)9-19-16(14)18/h5-9,20H,3-4H2,1-2H3,(H2,18,19)(H,21,22). The molecule has 0 aliphatic rings. The van der Waals surface area contributed by atoms with Crippen LogP contribution in [0.1, 0.15) is 6.42 Å². The van der Waals surface area contributed by atoms with Gasteiger partial charge in [0.2, 0.25) is 15.9 Å². The van der Waals surface area contributed by atoms with Crippen molar-refractivity contribution in [3.05, 3.63) is 34.9 Å². The molecule has 0 spiro atoms. The first kappa shape index (κ1) is 20.9. The maximum atomic E-state index is 12.3. The van der Waals surface area contributed by atoms with Gasteiger partial charge in [0.15, 0.2) is 0 Å². The van der Waals surface area contributed by atoms with E-state index in [1.54, 1.807) is 18.2 Å². The largest absolute Gasteiger partial charge is 0.497 e. The number of ether oxygens (including phenoxy) is 2. The van der Waals surface area contributed by atoms with Gasteiger partial charge in [-0.2, -0.15) is 0 Å². The van der Waals surface area contributed by atoms with Crippen LogP contribution in [0, 0.1) is 0 Å². The zero-order valence-electron chi connectivity index (χ0n) is 14.7. The van der Waals surface area contributed by atoms with Crippen LogP contribution >= 0.6 is 15.9 Å². The Labute approximate surface area is 165 Å². The van der Waals surface area contributed by atoms with E-state index in [-0.39, 0.29) is 29.6 Å². The van der Waals surface area contributed by atoms with E-state index in [1.165, 1.54) is 26.5 Å². The van der Waals surface area contributed by atoms with Crippen molar-refractivity contribution in [2.24, 2.45) is 0 Å². The number of nitrogens with zero attached hydrogens (tertiary/aromatic N) is 1. The lowest BCUT2D eigenvalue weighted by Gasteiger charge is -2.11. The van der Waals surface area contributed by atoms with Gasteiger partial charge in [0.05, 0.1) is 14.2 Å². The first-order valence-electron chi connectivity index (χ1n) is 7.69. The second kappa shape index (κ2) is 9.02. The maximum absolute atomic E-state index is 12.3. The molecule has 1 amide bonds. The Morgan fingerprint density at radius 2 is 1.81 bits per heavy atom. The van der Waals surface area contributed by atoms with E-state index in [2.05, 4.69) is 31.0 Å². The molecule has 0 aliphatic carbocycles. The number of nitrogens with two attached hydrogens (primary N) is 1. The highest BCUT2D eigenvalue weighted by Gasteiger charge is 2.19. The van der Waals surface area contributed by atoms with E-state index in [9.17, 15) is 13.2 Å². The fourth-order valence-electron chi connectivity index (χ4n) is 2.13. The van der Waals surface area contributed by atoms with Gasteiger partial charge >= 0.3 is 0 Å². The van der Waals surface area contributed by atoms with Crippen molar-refractivity contribution in [3.8, 4) is 11.5 Å². The van der Waals surface area contributed by atoms with Crippen molar-refractivity contribution in [1.29, 1.82) is 0 Å². The second-order valence-corrected chi connectivity index (χ2v) is 7.99. The van der Waals surface area contributed by atoms with E-state index in [1.807, 2.05) is 0 Å². The van der Waals surface area contributed by atoms with Crippen LogP contribution in [0.25, 0.3) is 0 Å². The third kappa shape index (κ3) is 5.81. The molecular formula is C16H19BrN4O5S. The van der Waals surface area contributed by atoms with Gasteiger partial charge in [0.1, 0.15) is 22.2 Å². The van der Waals surface area contributed by atoms with E-state index in [0.717, 1.165) is 0 Å². The van der Waals surface area contributed by atoms with Crippen LogP contribution < -0.4 is 25.2 Å². The predicted molar refractivity (Wildman–Crippen MR) is 104 cm³/mol. The first-order valence-corrected chi connectivity index (χ1v) is 9.96. The van der Waals surface area contributed by atoms with Gasteiger partial charge in [0.25, 0.3) is 0 Å². The van der Waals surface area contributed by atoms with E-state index < -0.39 is 10.0 Å². The summed E-state index contributed by atoms with van der Waals surface area (Å²) in [5.74, 6) is 0.526.